The second-order valence-electron chi connectivity index (χ2n) is 6.96. The van der Waals surface area contributed by atoms with Crippen molar-refractivity contribution in [3.8, 4) is 17.2 Å². The summed E-state index contributed by atoms with van der Waals surface area (Å²) in [6, 6.07) is 14.2. The van der Waals surface area contributed by atoms with Crippen molar-refractivity contribution in [1.29, 1.82) is 0 Å². The first-order chi connectivity index (χ1) is 14.7. The minimum absolute atomic E-state index is 0.128. The summed E-state index contributed by atoms with van der Waals surface area (Å²) in [7, 11) is 0. The summed E-state index contributed by atoms with van der Waals surface area (Å²) in [5, 5.41) is 0. The van der Waals surface area contributed by atoms with Crippen LogP contribution in [0.4, 0.5) is 18.9 Å². The molecule has 3 aromatic rings. The molecule has 158 valence electrons. The summed E-state index contributed by atoms with van der Waals surface area (Å²) >= 11 is 0.524. The first kappa shape index (κ1) is 21.0. The molecule has 0 atom stereocenters. The Kier molecular flexibility index (Phi) is 5.52. The predicted molar refractivity (Wildman–Crippen MR) is 110 cm³/mol. The van der Waals surface area contributed by atoms with Crippen molar-refractivity contribution in [3.05, 3.63) is 76.7 Å². The molecule has 2 heterocycles. The van der Waals surface area contributed by atoms with E-state index in [0.717, 1.165) is 22.1 Å². The fourth-order valence-electron chi connectivity index (χ4n) is 3.40. The van der Waals surface area contributed by atoms with Gasteiger partial charge in [-0.15, -0.1) is 13.2 Å². The average Bonchev–Trinajstić information content (AvgIpc) is 2.72. The molecule has 1 aromatic heterocycles. The first-order valence-corrected chi connectivity index (χ1v) is 10.3. The number of ether oxygens (including phenoxy) is 2. The van der Waals surface area contributed by atoms with Crippen LogP contribution in [-0.4, -0.2) is 39.7 Å². The van der Waals surface area contributed by atoms with Crippen LogP contribution in [0.15, 0.2) is 65.6 Å². The third kappa shape index (κ3) is 4.45. The largest absolute Gasteiger partial charge is 0.573 e. The van der Waals surface area contributed by atoms with Gasteiger partial charge in [0.05, 0.1) is 6.54 Å². The van der Waals surface area contributed by atoms with Crippen LogP contribution >= 0.6 is 0 Å². The highest BCUT2D eigenvalue weighted by Gasteiger charge is 2.32. The van der Waals surface area contributed by atoms with Crippen molar-refractivity contribution in [2.75, 3.05) is 11.5 Å². The number of hydrogen-bond acceptors (Lipinski definition) is 4. The van der Waals surface area contributed by atoms with E-state index in [1.54, 1.807) is 6.20 Å². The Bertz CT molecular complexity index is 1180. The van der Waals surface area contributed by atoms with Crippen molar-refractivity contribution in [2.24, 2.45) is 0 Å². The van der Waals surface area contributed by atoms with E-state index in [0.29, 0.717) is 27.7 Å². The summed E-state index contributed by atoms with van der Waals surface area (Å²) in [5.41, 5.74) is 0.824. The van der Waals surface area contributed by atoms with Gasteiger partial charge in [0, 0.05) is 11.9 Å². The van der Waals surface area contributed by atoms with Gasteiger partial charge in [-0.1, -0.05) is 34.8 Å². The first-order valence-electron chi connectivity index (χ1n) is 9.32. The molecule has 0 saturated heterocycles. The number of benzene rings is 2. The molecule has 1 amide bonds. The third-order valence-corrected chi connectivity index (χ3v) is 5.47. The highest BCUT2D eigenvalue weighted by atomic mass is 27.0. The van der Waals surface area contributed by atoms with Gasteiger partial charge in [-0.05, 0) is 29.8 Å². The van der Waals surface area contributed by atoms with Gasteiger partial charge in [0.15, 0.2) is 12.3 Å². The number of fused-ring (bicyclic) bond motifs is 1. The number of aromatic nitrogens is 1. The molecule has 0 bridgehead atoms. The molecule has 0 N–H and O–H groups in total. The lowest BCUT2D eigenvalue weighted by atomic mass is 10.2. The number of pyridine rings is 1. The van der Waals surface area contributed by atoms with Gasteiger partial charge in [-0.3, -0.25) is 19.1 Å². The fraction of sp³-hybridized carbons (Fsp3) is 0.143. The van der Waals surface area contributed by atoms with E-state index in [1.807, 2.05) is 30.3 Å². The SMILES string of the molecule is O=C1COc2[c]([AlH2])cn(-c3ccc(OC(F)(F)F)cc3)c(=O)c2N1Cc1ccccc1. The van der Waals surface area contributed by atoms with Crippen molar-refractivity contribution < 1.29 is 27.4 Å². The summed E-state index contributed by atoms with van der Waals surface area (Å²) in [4.78, 5) is 27.3. The third-order valence-electron chi connectivity index (χ3n) is 4.76. The molecule has 0 spiro atoms. The Hall–Kier alpha value is -3.22. The zero-order chi connectivity index (χ0) is 22.2. The molecular formula is C21H16AlF3N2O4. The standard InChI is InChI=1S/C21H14F3N2O4.Al.2H/c22-21(23,24)30-16-8-6-15(7-9-16)25-11-10-17-19(20(25)28)26(18(27)13-29-17)12-14-4-2-1-3-5-14;;;/h1-9,11H,12-13H2;;;. The number of carbonyl (C=O) groups excluding carboxylic acids is 1. The highest BCUT2D eigenvalue weighted by Crippen LogP contribution is 2.29. The minimum atomic E-state index is -4.80. The highest BCUT2D eigenvalue weighted by molar-refractivity contribution is 6.35. The molecule has 31 heavy (non-hydrogen) atoms. The van der Waals surface area contributed by atoms with Crippen LogP contribution < -0.4 is 24.4 Å². The number of halogens is 3. The van der Waals surface area contributed by atoms with E-state index >= 15 is 0 Å². The number of amides is 1. The lowest BCUT2D eigenvalue weighted by Gasteiger charge is -2.30. The Labute approximate surface area is 182 Å². The quantitative estimate of drug-likeness (QED) is 0.577. The van der Waals surface area contributed by atoms with Crippen molar-refractivity contribution >= 4 is 32.3 Å². The second kappa shape index (κ2) is 8.13. The van der Waals surface area contributed by atoms with Gasteiger partial charge in [0.25, 0.3) is 27.8 Å². The molecular weight excluding hydrogens is 428 g/mol. The van der Waals surface area contributed by atoms with E-state index in [9.17, 15) is 22.8 Å². The van der Waals surface area contributed by atoms with Crippen molar-refractivity contribution in [2.45, 2.75) is 12.9 Å². The number of nitrogens with zero attached hydrogens (tertiary/aromatic N) is 2. The molecule has 0 aliphatic carbocycles. The molecule has 1 aliphatic rings. The second-order valence-corrected chi connectivity index (χ2v) is 8.04. The maximum absolute atomic E-state index is 13.3. The van der Waals surface area contributed by atoms with Crippen LogP contribution in [0.1, 0.15) is 5.56 Å². The molecule has 0 fully saturated rings. The summed E-state index contributed by atoms with van der Waals surface area (Å²) in [5.74, 6) is -0.362. The lowest BCUT2D eigenvalue weighted by Crippen LogP contribution is -2.44. The monoisotopic (exact) mass is 444 g/mol. The van der Waals surface area contributed by atoms with Crippen LogP contribution in [-0.2, 0) is 11.3 Å². The molecule has 6 nitrogen and oxygen atoms in total. The normalized spacial score (nSPS) is 13.5. The lowest BCUT2D eigenvalue weighted by molar-refractivity contribution is -0.274. The predicted octanol–water partition coefficient (Wildman–Crippen LogP) is 1.92. The van der Waals surface area contributed by atoms with Crippen LogP contribution in [0.5, 0.6) is 11.5 Å². The zero-order valence-corrected chi connectivity index (χ0v) is 18.3. The zero-order valence-electron chi connectivity index (χ0n) is 16.3. The maximum atomic E-state index is 13.3. The van der Waals surface area contributed by atoms with Crippen LogP contribution in [0.2, 0.25) is 0 Å². The van der Waals surface area contributed by atoms with Crippen LogP contribution in [0.3, 0.4) is 0 Å². The van der Waals surface area contributed by atoms with E-state index < -0.39 is 17.7 Å². The average molecular weight is 444 g/mol. The van der Waals surface area contributed by atoms with Crippen LogP contribution in [0, 0.1) is 0 Å². The number of carbonyl (C=O) groups is 1. The fourth-order valence-corrected chi connectivity index (χ4v) is 4.04. The summed E-state index contributed by atoms with van der Waals surface area (Å²) < 4.78 is 48.7. The topological polar surface area (TPSA) is 60.8 Å². The Balaban J connectivity index is 1.76. The van der Waals surface area contributed by atoms with Gasteiger partial charge in [-0.25, -0.2) is 0 Å². The van der Waals surface area contributed by atoms with Crippen molar-refractivity contribution in [1.82, 2.24) is 4.57 Å². The molecule has 4 rings (SSSR count). The van der Waals surface area contributed by atoms with Gasteiger partial charge >= 0.3 is 6.36 Å². The van der Waals surface area contributed by atoms with E-state index in [-0.39, 0.29) is 24.7 Å². The smallest absolute Gasteiger partial charge is 0.483 e. The number of anilines is 1. The van der Waals surface area contributed by atoms with E-state index in [1.165, 1.54) is 21.6 Å². The molecule has 2 aromatic carbocycles. The molecule has 0 saturated carbocycles. The Morgan fingerprint density at radius 2 is 1.71 bits per heavy atom. The number of alkyl halides is 3. The molecule has 10 heteroatoms. The van der Waals surface area contributed by atoms with E-state index in [4.69, 9.17) is 4.74 Å². The van der Waals surface area contributed by atoms with Gasteiger partial charge in [-0.2, -0.15) is 0 Å². The summed E-state index contributed by atoms with van der Waals surface area (Å²) in [6.07, 6.45) is -3.22. The van der Waals surface area contributed by atoms with Gasteiger partial charge in [0.1, 0.15) is 11.5 Å². The summed E-state index contributed by atoms with van der Waals surface area (Å²) in [6.45, 7) is 0.0383. The van der Waals surface area contributed by atoms with Crippen molar-refractivity contribution in [3.63, 3.8) is 0 Å². The number of hydrogen-bond donors (Lipinski definition) is 0. The Morgan fingerprint density at radius 1 is 1.03 bits per heavy atom. The van der Waals surface area contributed by atoms with E-state index in [2.05, 4.69) is 4.74 Å². The van der Waals surface area contributed by atoms with Gasteiger partial charge in [0.2, 0.25) is 0 Å². The molecule has 0 unspecified atom stereocenters. The van der Waals surface area contributed by atoms with Gasteiger partial charge < -0.3 is 9.47 Å². The molecule has 0 radical (unpaired) electrons. The number of rotatable bonds is 4. The Morgan fingerprint density at radius 3 is 2.35 bits per heavy atom. The maximum Gasteiger partial charge on any atom is 0.573 e. The minimum Gasteiger partial charge on any atom is -0.483 e. The molecule has 1 aliphatic heterocycles. The van der Waals surface area contributed by atoms with Crippen LogP contribution in [0.25, 0.3) is 5.69 Å².